The zero-order valence-corrected chi connectivity index (χ0v) is 12.0. The van der Waals surface area contributed by atoms with E-state index in [1.54, 1.807) is 18.7 Å². The number of hydrogen-bond acceptors (Lipinski definition) is 6. The first-order valence-electron chi connectivity index (χ1n) is 5.02. The summed E-state index contributed by atoms with van der Waals surface area (Å²) in [5, 5.41) is 6.50. The molecule has 7 heteroatoms. The second-order valence-electron chi connectivity index (χ2n) is 3.33. The standard InChI is InChI=1S/C11H11BrN4OS/c1-17-8-3-2-7(9(12)4-8)5-14-16-11-15-10(13)6-18-11/h2-6H,13H2,1H3,(H,15,16). The molecule has 1 aromatic heterocycles. The van der Waals surface area contributed by atoms with Gasteiger partial charge in [0.05, 0.1) is 13.3 Å². The van der Waals surface area contributed by atoms with Crippen molar-refractivity contribution in [2.45, 2.75) is 0 Å². The van der Waals surface area contributed by atoms with Crippen LogP contribution < -0.4 is 15.9 Å². The number of nitrogens with zero attached hydrogens (tertiary/aromatic N) is 2. The van der Waals surface area contributed by atoms with E-state index in [0.29, 0.717) is 10.9 Å². The lowest BCUT2D eigenvalue weighted by molar-refractivity contribution is 0.414. The van der Waals surface area contributed by atoms with E-state index in [4.69, 9.17) is 10.5 Å². The van der Waals surface area contributed by atoms with Gasteiger partial charge in [0.15, 0.2) is 0 Å². The number of nitrogens with two attached hydrogens (primary N) is 1. The van der Waals surface area contributed by atoms with Gasteiger partial charge in [0.2, 0.25) is 5.13 Å². The molecule has 94 valence electrons. The number of ether oxygens (including phenoxy) is 1. The molecule has 0 bridgehead atoms. The summed E-state index contributed by atoms with van der Waals surface area (Å²) in [6.45, 7) is 0. The van der Waals surface area contributed by atoms with Gasteiger partial charge in [0.1, 0.15) is 11.6 Å². The fraction of sp³-hybridized carbons (Fsp3) is 0.0909. The van der Waals surface area contributed by atoms with Crippen LogP contribution in [0.1, 0.15) is 5.56 Å². The number of nitrogens with one attached hydrogen (secondary N) is 1. The van der Waals surface area contributed by atoms with E-state index in [1.807, 2.05) is 18.2 Å². The summed E-state index contributed by atoms with van der Waals surface area (Å²) in [5.41, 5.74) is 9.26. The van der Waals surface area contributed by atoms with Gasteiger partial charge >= 0.3 is 0 Å². The molecular formula is C11H11BrN4OS. The monoisotopic (exact) mass is 326 g/mol. The van der Waals surface area contributed by atoms with Gasteiger partial charge in [-0.3, -0.25) is 5.43 Å². The van der Waals surface area contributed by atoms with Crippen LogP contribution in [-0.4, -0.2) is 18.3 Å². The molecule has 0 fully saturated rings. The first kappa shape index (κ1) is 12.8. The molecule has 0 aliphatic rings. The molecule has 0 saturated heterocycles. The number of nitrogen functional groups attached to an aromatic ring is 1. The van der Waals surface area contributed by atoms with Crippen molar-refractivity contribution in [1.82, 2.24) is 4.98 Å². The number of rotatable bonds is 4. The summed E-state index contributed by atoms with van der Waals surface area (Å²) >= 11 is 4.85. The normalized spacial score (nSPS) is 10.8. The Bertz CT molecular complexity index is 570. The lowest BCUT2D eigenvalue weighted by Crippen LogP contribution is -1.92. The molecule has 0 amide bonds. The molecule has 0 aliphatic heterocycles. The van der Waals surface area contributed by atoms with Gasteiger partial charge in [0.25, 0.3) is 0 Å². The highest BCUT2D eigenvalue weighted by atomic mass is 79.9. The summed E-state index contributed by atoms with van der Waals surface area (Å²) in [5.74, 6) is 1.28. The fourth-order valence-corrected chi connectivity index (χ4v) is 2.24. The second kappa shape index (κ2) is 5.83. The smallest absolute Gasteiger partial charge is 0.205 e. The van der Waals surface area contributed by atoms with Crippen molar-refractivity contribution < 1.29 is 4.74 Å². The second-order valence-corrected chi connectivity index (χ2v) is 5.05. The van der Waals surface area contributed by atoms with Crippen LogP contribution in [0.2, 0.25) is 0 Å². The zero-order chi connectivity index (χ0) is 13.0. The molecule has 2 aromatic rings. The van der Waals surface area contributed by atoms with E-state index in [2.05, 4.69) is 31.4 Å². The number of methoxy groups -OCH3 is 1. The summed E-state index contributed by atoms with van der Waals surface area (Å²) < 4.78 is 6.02. The van der Waals surface area contributed by atoms with Crippen molar-refractivity contribution in [2.75, 3.05) is 18.3 Å². The summed E-state index contributed by atoms with van der Waals surface area (Å²) in [6.07, 6.45) is 1.70. The van der Waals surface area contributed by atoms with Crippen molar-refractivity contribution in [3.63, 3.8) is 0 Å². The number of halogens is 1. The van der Waals surface area contributed by atoms with E-state index < -0.39 is 0 Å². The summed E-state index contributed by atoms with van der Waals surface area (Å²) in [6, 6.07) is 5.65. The Labute approximate surface area is 117 Å². The minimum atomic E-state index is 0.489. The maximum absolute atomic E-state index is 5.50. The molecule has 0 spiro atoms. The Kier molecular flexibility index (Phi) is 4.16. The Hall–Kier alpha value is -1.60. The van der Waals surface area contributed by atoms with Crippen molar-refractivity contribution in [1.29, 1.82) is 0 Å². The molecule has 1 aromatic carbocycles. The number of hydrogen-bond donors (Lipinski definition) is 2. The van der Waals surface area contributed by atoms with E-state index in [-0.39, 0.29) is 0 Å². The summed E-state index contributed by atoms with van der Waals surface area (Å²) in [4.78, 5) is 4.03. The Morgan fingerprint density at radius 1 is 1.56 bits per heavy atom. The molecule has 18 heavy (non-hydrogen) atoms. The van der Waals surface area contributed by atoms with E-state index >= 15 is 0 Å². The maximum atomic E-state index is 5.50. The van der Waals surface area contributed by atoms with E-state index in [0.717, 1.165) is 15.8 Å². The van der Waals surface area contributed by atoms with Gasteiger partial charge < -0.3 is 10.5 Å². The van der Waals surface area contributed by atoms with Crippen LogP contribution in [0, 0.1) is 0 Å². The number of anilines is 2. The number of aromatic nitrogens is 1. The van der Waals surface area contributed by atoms with Crippen molar-refractivity contribution in [3.8, 4) is 5.75 Å². The molecule has 5 nitrogen and oxygen atoms in total. The van der Waals surface area contributed by atoms with Crippen LogP contribution in [0.25, 0.3) is 0 Å². The fourth-order valence-electron chi connectivity index (χ4n) is 1.23. The van der Waals surface area contributed by atoms with Gasteiger partial charge in [-0.05, 0) is 34.1 Å². The lowest BCUT2D eigenvalue weighted by atomic mass is 10.2. The quantitative estimate of drug-likeness (QED) is 0.669. The molecule has 0 unspecified atom stereocenters. The minimum absolute atomic E-state index is 0.489. The molecule has 0 radical (unpaired) electrons. The zero-order valence-electron chi connectivity index (χ0n) is 9.55. The average molecular weight is 327 g/mol. The first-order chi connectivity index (χ1) is 8.69. The van der Waals surface area contributed by atoms with Gasteiger partial charge in [0, 0.05) is 15.4 Å². The molecule has 0 aliphatic carbocycles. The third-order valence-electron chi connectivity index (χ3n) is 2.09. The highest BCUT2D eigenvalue weighted by Crippen LogP contribution is 2.22. The van der Waals surface area contributed by atoms with Crippen LogP contribution in [0.15, 0.2) is 33.2 Å². The Morgan fingerprint density at radius 2 is 2.39 bits per heavy atom. The average Bonchev–Trinajstić information content (AvgIpc) is 2.77. The maximum Gasteiger partial charge on any atom is 0.205 e. The van der Waals surface area contributed by atoms with Crippen molar-refractivity contribution in [3.05, 3.63) is 33.6 Å². The van der Waals surface area contributed by atoms with E-state index in [9.17, 15) is 0 Å². The predicted molar refractivity (Wildman–Crippen MR) is 78.4 cm³/mol. The first-order valence-corrected chi connectivity index (χ1v) is 6.70. The van der Waals surface area contributed by atoms with Gasteiger partial charge in [-0.25, -0.2) is 4.98 Å². The molecule has 0 atom stereocenters. The van der Waals surface area contributed by atoms with Crippen LogP contribution in [-0.2, 0) is 0 Å². The topological polar surface area (TPSA) is 72.5 Å². The Balaban J connectivity index is 2.05. The van der Waals surface area contributed by atoms with Crippen molar-refractivity contribution in [2.24, 2.45) is 5.10 Å². The van der Waals surface area contributed by atoms with Crippen molar-refractivity contribution >= 4 is 44.4 Å². The van der Waals surface area contributed by atoms with Gasteiger partial charge in [-0.15, -0.1) is 11.3 Å². The van der Waals surface area contributed by atoms with Crippen LogP contribution in [0.3, 0.4) is 0 Å². The highest BCUT2D eigenvalue weighted by molar-refractivity contribution is 9.10. The largest absolute Gasteiger partial charge is 0.497 e. The molecule has 2 rings (SSSR count). The molecular weight excluding hydrogens is 316 g/mol. The lowest BCUT2D eigenvalue weighted by Gasteiger charge is -2.02. The SMILES string of the molecule is COc1ccc(C=NNc2nc(N)cs2)c(Br)c1. The Morgan fingerprint density at radius 3 is 3.00 bits per heavy atom. The molecule has 0 saturated carbocycles. The molecule has 1 heterocycles. The van der Waals surface area contributed by atoms with Gasteiger partial charge in [-0.2, -0.15) is 5.10 Å². The number of benzene rings is 1. The third-order valence-corrected chi connectivity index (χ3v) is 3.55. The third kappa shape index (κ3) is 3.21. The highest BCUT2D eigenvalue weighted by Gasteiger charge is 1.99. The van der Waals surface area contributed by atoms with Crippen LogP contribution in [0.4, 0.5) is 10.9 Å². The van der Waals surface area contributed by atoms with Crippen LogP contribution in [0.5, 0.6) is 5.75 Å². The van der Waals surface area contributed by atoms with Gasteiger partial charge in [-0.1, -0.05) is 0 Å². The van der Waals surface area contributed by atoms with E-state index in [1.165, 1.54) is 11.3 Å². The molecule has 3 N–H and O–H groups in total. The minimum Gasteiger partial charge on any atom is -0.497 e. The number of hydrazone groups is 1. The van der Waals surface area contributed by atoms with Crippen LogP contribution >= 0.6 is 27.3 Å². The number of thiazole rings is 1. The summed E-state index contributed by atoms with van der Waals surface area (Å²) in [7, 11) is 1.63. The predicted octanol–water partition coefficient (Wildman–Crippen LogP) is 2.94.